The van der Waals surface area contributed by atoms with Crippen LogP contribution in [-0.2, 0) is 11.3 Å². The van der Waals surface area contributed by atoms with Crippen molar-refractivity contribution in [3.63, 3.8) is 0 Å². The van der Waals surface area contributed by atoms with Crippen LogP contribution in [0.3, 0.4) is 0 Å². The van der Waals surface area contributed by atoms with Crippen LogP contribution in [0.1, 0.15) is 25.3 Å². The Morgan fingerprint density at radius 2 is 1.79 bits per heavy atom. The van der Waals surface area contributed by atoms with E-state index in [1.807, 2.05) is 43.3 Å². The fourth-order valence-corrected chi connectivity index (χ4v) is 3.52. The van der Waals surface area contributed by atoms with Gasteiger partial charge >= 0.3 is 0 Å². The number of hydrogen-bond donors (Lipinski definition) is 1. The first-order valence-electron chi connectivity index (χ1n) is 10.1. The topological polar surface area (TPSA) is 50.8 Å². The molecule has 1 saturated heterocycles. The second-order valence-electron chi connectivity index (χ2n) is 7.54. The van der Waals surface area contributed by atoms with Crippen LogP contribution >= 0.6 is 0 Å². The van der Waals surface area contributed by atoms with E-state index in [2.05, 4.69) is 10.2 Å². The van der Waals surface area contributed by atoms with Crippen LogP contribution in [0.4, 0.5) is 4.39 Å². The minimum Gasteiger partial charge on any atom is -0.497 e. The van der Waals surface area contributed by atoms with Crippen molar-refractivity contribution in [2.75, 3.05) is 26.8 Å². The van der Waals surface area contributed by atoms with Gasteiger partial charge in [-0.1, -0.05) is 18.2 Å². The van der Waals surface area contributed by atoms with Gasteiger partial charge in [0, 0.05) is 18.0 Å². The molecule has 0 radical (unpaired) electrons. The predicted molar refractivity (Wildman–Crippen MR) is 110 cm³/mol. The van der Waals surface area contributed by atoms with Gasteiger partial charge in [-0.05, 0) is 63.2 Å². The van der Waals surface area contributed by atoms with Crippen LogP contribution in [0.15, 0.2) is 48.5 Å². The molecule has 0 bridgehead atoms. The van der Waals surface area contributed by atoms with E-state index in [-0.39, 0.29) is 23.7 Å². The van der Waals surface area contributed by atoms with E-state index in [4.69, 9.17) is 9.47 Å². The van der Waals surface area contributed by atoms with Crippen molar-refractivity contribution >= 4 is 5.91 Å². The number of likely N-dealkylation sites (tertiary alicyclic amines) is 1. The smallest absolute Gasteiger partial charge is 0.223 e. The van der Waals surface area contributed by atoms with E-state index in [0.29, 0.717) is 18.7 Å². The molecule has 1 amide bonds. The van der Waals surface area contributed by atoms with Gasteiger partial charge in [0.1, 0.15) is 23.9 Å². The summed E-state index contributed by atoms with van der Waals surface area (Å²) in [5.74, 6) is 1.42. The number of rotatable bonds is 8. The van der Waals surface area contributed by atoms with Gasteiger partial charge in [-0.2, -0.15) is 0 Å². The molecule has 2 aromatic carbocycles. The summed E-state index contributed by atoms with van der Waals surface area (Å²) in [6.07, 6.45) is 1.57. The lowest BCUT2D eigenvalue weighted by molar-refractivity contribution is -0.127. The predicted octanol–water partition coefficient (Wildman–Crippen LogP) is 3.63. The summed E-state index contributed by atoms with van der Waals surface area (Å²) in [5, 5.41) is 3.05. The maximum Gasteiger partial charge on any atom is 0.223 e. The highest BCUT2D eigenvalue weighted by molar-refractivity contribution is 5.79. The van der Waals surface area contributed by atoms with Gasteiger partial charge in [-0.15, -0.1) is 0 Å². The molecule has 1 heterocycles. The summed E-state index contributed by atoms with van der Waals surface area (Å²) < 4.78 is 24.7. The lowest BCUT2D eigenvalue weighted by atomic mass is 9.95. The zero-order valence-electron chi connectivity index (χ0n) is 17.1. The molecule has 0 aliphatic carbocycles. The summed E-state index contributed by atoms with van der Waals surface area (Å²) in [5.41, 5.74) is 0.708. The summed E-state index contributed by atoms with van der Waals surface area (Å²) >= 11 is 0. The lowest BCUT2D eigenvalue weighted by Gasteiger charge is -2.32. The Morgan fingerprint density at radius 3 is 2.45 bits per heavy atom. The standard InChI is InChI=1S/C23H29FN2O3/c1-17(16-29-21-9-7-20(28-2)8-10-21)25-23(27)18-11-13-26(14-12-18)15-19-5-3-4-6-22(19)24/h3-10,17-18H,11-16H2,1-2H3,(H,25,27)/t17-/m1/s1. The van der Waals surface area contributed by atoms with Crippen molar-refractivity contribution in [3.05, 3.63) is 59.9 Å². The molecule has 1 aliphatic rings. The van der Waals surface area contributed by atoms with Crippen molar-refractivity contribution in [2.24, 2.45) is 5.92 Å². The van der Waals surface area contributed by atoms with Crippen LogP contribution in [0.2, 0.25) is 0 Å². The molecule has 1 atom stereocenters. The average molecular weight is 400 g/mol. The van der Waals surface area contributed by atoms with Crippen molar-refractivity contribution in [3.8, 4) is 11.5 Å². The van der Waals surface area contributed by atoms with Crippen molar-refractivity contribution in [2.45, 2.75) is 32.4 Å². The highest BCUT2D eigenvalue weighted by atomic mass is 19.1. The molecule has 156 valence electrons. The average Bonchev–Trinajstić information content (AvgIpc) is 2.75. The van der Waals surface area contributed by atoms with Crippen LogP contribution in [0.25, 0.3) is 0 Å². The molecule has 0 unspecified atom stereocenters. The van der Waals surface area contributed by atoms with Crippen LogP contribution in [0.5, 0.6) is 11.5 Å². The SMILES string of the molecule is COc1ccc(OC[C@@H](C)NC(=O)C2CCN(Cc3ccccc3F)CC2)cc1. The number of hydrogen-bond acceptors (Lipinski definition) is 4. The molecule has 2 aromatic rings. The number of nitrogens with one attached hydrogen (secondary N) is 1. The molecule has 6 heteroatoms. The maximum absolute atomic E-state index is 13.8. The number of ether oxygens (including phenoxy) is 2. The third kappa shape index (κ3) is 6.19. The Morgan fingerprint density at radius 1 is 1.14 bits per heavy atom. The Balaban J connectivity index is 1.39. The second-order valence-corrected chi connectivity index (χ2v) is 7.54. The van der Waals surface area contributed by atoms with Gasteiger partial charge in [0.15, 0.2) is 0 Å². The molecular formula is C23H29FN2O3. The minimum absolute atomic E-state index is 0.00435. The zero-order valence-corrected chi connectivity index (χ0v) is 17.1. The molecule has 0 saturated carbocycles. The third-order valence-electron chi connectivity index (χ3n) is 5.26. The Labute approximate surface area is 171 Å². The lowest BCUT2D eigenvalue weighted by Crippen LogP contribution is -2.44. The second kappa shape index (κ2) is 10.3. The first kappa shape index (κ1) is 21.1. The van der Waals surface area contributed by atoms with E-state index in [0.717, 1.165) is 37.4 Å². The summed E-state index contributed by atoms with van der Waals surface area (Å²) in [6.45, 7) is 4.53. The summed E-state index contributed by atoms with van der Waals surface area (Å²) in [6, 6.07) is 14.2. The molecule has 0 aromatic heterocycles. The molecule has 5 nitrogen and oxygen atoms in total. The number of carbonyl (C=O) groups is 1. The number of methoxy groups -OCH3 is 1. The van der Waals surface area contributed by atoms with Gasteiger partial charge < -0.3 is 14.8 Å². The molecule has 1 fully saturated rings. The zero-order chi connectivity index (χ0) is 20.6. The van der Waals surface area contributed by atoms with E-state index in [9.17, 15) is 9.18 Å². The van der Waals surface area contributed by atoms with Crippen LogP contribution < -0.4 is 14.8 Å². The Bertz CT molecular complexity index is 789. The minimum atomic E-state index is -0.168. The molecule has 0 spiro atoms. The summed E-state index contributed by atoms with van der Waals surface area (Å²) in [4.78, 5) is 14.8. The van der Waals surface area contributed by atoms with Crippen LogP contribution in [0, 0.1) is 11.7 Å². The number of piperidine rings is 1. The van der Waals surface area contributed by atoms with Gasteiger partial charge in [-0.3, -0.25) is 9.69 Å². The van der Waals surface area contributed by atoms with E-state index in [1.165, 1.54) is 6.07 Å². The van der Waals surface area contributed by atoms with Crippen molar-refractivity contribution < 1.29 is 18.7 Å². The van der Waals surface area contributed by atoms with Gasteiger partial charge in [-0.25, -0.2) is 4.39 Å². The maximum atomic E-state index is 13.8. The molecule has 3 rings (SSSR count). The first-order valence-corrected chi connectivity index (χ1v) is 10.1. The first-order chi connectivity index (χ1) is 14.0. The number of benzene rings is 2. The Kier molecular flexibility index (Phi) is 7.47. The third-order valence-corrected chi connectivity index (χ3v) is 5.26. The number of amides is 1. The summed E-state index contributed by atoms with van der Waals surface area (Å²) in [7, 11) is 1.62. The highest BCUT2D eigenvalue weighted by Crippen LogP contribution is 2.21. The fourth-order valence-electron chi connectivity index (χ4n) is 3.52. The molecular weight excluding hydrogens is 371 g/mol. The van der Waals surface area contributed by atoms with Gasteiger partial charge in [0.05, 0.1) is 13.2 Å². The quantitative estimate of drug-likeness (QED) is 0.735. The molecule has 1 aliphatic heterocycles. The van der Waals surface area contributed by atoms with Crippen molar-refractivity contribution in [1.29, 1.82) is 0 Å². The largest absolute Gasteiger partial charge is 0.497 e. The van der Waals surface area contributed by atoms with E-state index >= 15 is 0 Å². The molecule has 1 N–H and O–H groups in total. The number of nitrogens with zero attached hydrogens (tertiary/aromatic N) is 1. The number of halogens is 1. The fraction of sp³-hybridized carbons (Fsp3) is 0.435. The highest BCUT2D eigenvalue weighted by Gasteiger charge is 2.26. The van der Waals surface area contributed by atoms with E-state index < -0.39 is 0 Å². The molecule has 29 heavy (non-hydrogen) atoms. The van der Waals surface area contributed by atoms with Gasteiger partial charge in [0.2, 0.25) is 5.91 Å². The Hall–Kier alpha value is -2.60. The number of carbonyl (C=O) groups excluding carboxylic acids is 1. The van der Waals surface area contributed by atoms with Crippen LogP contribution in [-0.4, -0.2) is 43.7 Å². The van der Waals surface area contributed by atoms with Crippen molar-refractivity contribution in [1.82, 2.24) is 10.2 Å². The monoisotopic (exact) mass is 400 g/mol. The van der Waals surface area contributed by atoms with Gasteiger partial charge in [0.25, 0.3) is 0 Å². The normalized spacial score (nSPS) is 16.2. The van der Waals surface area contributed by atoms with E-state index in [1.54, 1.807) is 13.2 Å².